The van der Waals surface area contributed by atoms with Crippen LogP contribution in [0.4, 0.5) is 5.69 Å². The molecule has 23 heavy (non-hydrogen) atoms. The minimum atomic E-state index is -0.413. The molecule has 1 aliphatic rings. The van der Waals surface area contributed by atoms with Gasteiger partial charge in [0.05, 0.1) is 17.9 Å². The highest BCUT2D eigenvalue weighted by molar-refractivity contribution is 9.10. The van der Waals surface area contributed by atoms with Gasteiger partial charge in [0.2, 0.25) is 5.91 Å². The van der Waals surface area contributed by atoms with Gasteiger partial charge in [-0.1, -0.05) is 35.0 Å². The third kappa shape index (κ3) is 4.93. The van der Waals surface area contributed by atoms with Crippen LogP contribution in [0.1, 0.15) is 33.1 Å². The van der Waals surface area contributed by atoms with Crippen molar-refractivity contribution in [2.75, 3.05) is 5.32 Å². The molecule has 0 spiro atoms. The van der Waals surface area contributed by atoms with E-state index in [4.69, 9.17) is 4.74 Å². The van der Waals surface area contributed by atoms with Crippen molar-refractivity contribution in [2.45, 2.75) is 39.2 Å². The Balaban J connectivity index is 2.05. The first kappa shape index (κ1) is 17.7. The molecule has 1 aromatic carbocycles. The largest absolute Gasteiger partial charge is 0.462 e. The average Bonchev–Trinajstić information content (AvgIpc) is 2.56. The number of allylic oxidation sites excluding steroid dienone is 2. The monoisotopic (exact) mass is 379 g/mol. The van der Waals surface area contributed by atoms with Crippen molar-refractivity contribution in [1.29, 1.82) is 0 Å². The Morgan fingerprint density at radius 1 is 1.22 bits per heavy atom. The Hall–Kier alpha value is -1.62. The number of carbonyl (C=O) groups excluding carboxylic acids is 2. The van der Waals surface area contributed by atoms with Gasteiger partial charge in [0, 0.05) is 10.2 Å². The molecule has 2 rings (SSSR count). The second kappa shape index (κ2) is 8.29. The predicted molar refractivity (Wildman–Crippen MR) is 94.0 cm³/mol. The summed E-state index contributed by atoms with van der Waals surface area (Å²) in [4.78, 5) is 24.9. The molecule has 4 nitrogen and oxygen atoms in total. The number of benzene rings is 1. The molecule has 1 aliphatic carbocycles. The lowest BCUT2D eigenvalue weighted by molar-refractivity contribution is -0.157. The van der Waals surface area contributed by atoms with E-state index in [1.54, 1.807) is 0 Å². The Morgan fingerprint density at radius 3 is 2.43 bits per heavy atom. The molecule has 0 heterocycles. The normalized spacial score (nSPS) is 21.5. The summed E-state index contributed by atoms with van der Waals surface area (Å²) in [6, 6.07) is 7.39. The molecule has 0 radical (unpaired) electrons. The third-order valence-corrected chi connectivity index (χ3v) is 4.60. The number of esters is 1. The van der Waals surface area contributed by atoms with Gasteiger partial charge in [-0.3, -0.25) is 9.59 Å². The zero-order valence-corrected chi connectivity index (χ0v) is 15.0. The summed E-state index contributed by atoms with van der Waals surface area (Å²) in [6.07, 6.45) is 5.66. The maximum atomic E-state index is 12.6. The van der Waals surface area contributed by atoms with Gasteiger partial charge in [0.25, 0.3) is 0 Å². The van der Waals surface area contributed by atoms with Gasteiger partial charge in [0.15, 0.2) is 0 Å². The van der Waals surface area contributed by atoms with Gasteiger partial charge in [-0.2, -0.15) is 0 Å². The van der Waals surface area contributed by atoms with Crippen LogP contribution in [0.3, 0.4) is 0 Å². The first-order chi connectivity index (χ1) is 11.0. The molecule has 0 saturated carbocycles. The van der Waals surface area contributed by atoms with E-state index in [9.17, 15) is 9.59 Å². The van der Waals surface area contributed by atoms with Crippen molar-refractivity contribution >= 4 is 33.5 Å². The van der Waals surface area contributed by atoms with Crippen LogP contribution in [-0.2, 0) is 14.3 Å². The molecule has 0 fully saturated rings. The van der Waals surface area contributed by atoms with Gasteiger partial charge >= 0.3 is 5.97 Å². The molecular weight excluding hydrogens is 358 g/mol. The maximum absolute atomic E-state index is 12.6. The third-order valence-electron chi connectivity index (χ3n) is 4.08. The average molecular weight is 380 g/mol. The lowest BCUT2D eigenvalue weighted by Crippen LogP contribution is -2.36. The van der Waals surface area contributed by atoms with E-state index in [-0.39, 0.29) is 23.9 Å². The molecule has 1 aromatic rings. The van der Waals surface area contributed by atoms with Crippen LogP contribution in [0.5, 0.6) is 0 Å². The SMILES string of the molecule is CCC(C)OC(=O)C1CC=CCC1C(=O)Nc1ccc(Br)cc1. The van der Waals surface area contributed by atoms with Crippen LogP contribution < -0.4 is 5.32 Å². The van der Waals surface area contributed by atoms with Gasteiger partial charge in [0.1, 0.15) is 0 Å². The Morgan fingerprint density at radius 2 is 1.83 bits per heavy atom. The Labute approximate surface area is 145 Å². The van der Waals surface area contributed by atoms with E-state index < -0.39 is 5.92 Å². The summed E-state index contributed by atoms with van der Waals surface area (Å²) in [5, 5.41) is 2.89. The van der Waals surface area contributed by atoms with Crippen molar-refractivity contribution in [3.05, 3.63) is 40.9 Å². The number of nitrogens with one attached hydrogen (secondary N) is 1. The van der Waals surface area contributed by atoms with Crippen molar-refractivity contribution in [2.24, 2.45) is 11.8 Å². The van der Waals surface area contributed by atoms with E-state index in [1.165, 1.54) is 0 Å². The summed E-state index contributed by atoms with van der Waals surface area (Å²) in [7, 11) is 0. The molecular formula is C18H22BrNO3. The Bertz CT molecular complexity index is 582. The second-order valence-corrected chi connectivity index (χ2v) is 6.72. The van der Waals surface area contributed by atoms with E-state index in [0.717, 1.165) is 16.6 Å². The lowest BCUT2D eigenvalue weighted by Gasteiger charge is -2.27. The lowest BCUT2D eigenvalue weighted by atomic mass is 9.82. The fraction of sp³-hybridized carbons (Fsp3) is 0.444. The molecule has 0 saturated heterocycles. The molecule has 3 atom stereocenters. The smallest absolute Gasteiger partial charge is 0.310 e. The zero-order chi connectivity index (χ0) is 16.8. The van der Waals surface area contributed by atoms with Crippen LogP contribution in [0.15, 0.2) is 40.9 Å². The summed E-state index contributed by atoms with van der Waals surface area (Å²) in [5.74, 6) is -1.22. The minimum absolute atomic E-state index is 0.122. The van der Waals surface area contributed by atoms with Crippen LogP contribution in [0, 0.1) is 11.8 Å². The highest BCUT2D eigenvalue weighted by Gasteiger charge is 2.35. The molecule has 1 N–H and O–H groups in total. The zero-order valence-electron chi connectivity index (χ0n) is 13.4. The quantitative estimate of drug-likeness (QED) is 0.612. The number of hydrogen-bond donors (Lipinski definition) is 1. The number of ether oxygens (including phenoxy) is 1. The molecule has 3 unspecified atom stereocenters. The summed E-state index contributed by atoms with van der Waals surface area (Å²) in [5.41, 5.74) is 0.724. The van der Waals surface area contributed by atoms with E-state index in [1.807, 2.05) is 50.3 Å². The summed E-state index contributed by atoms with van der Waals surface area (Å²) < 4.78 is 6.38. The summed E-state index contributed by atoms with van der Waals surface area (Å²) in [6.45, 7) is 3.84. The number of halogens is 1. The van der Waals surface area contributed by atoms with Crippen LogP contribution >= 0.6 is 15.9 Å². The Kier molecular flexibility index (Phi) is 6.39. The molecule has 0 aromatic heterocycles. The fourth-order valence-electron chi connectivity index (χ4n) is 2.50. The highest BCUT2D eigenvalue weighted by atomic mass is 79.9. The molecule has 5 heteroatoms. The first-order valence-electron chi connectivity index (χ1n) is 7.93. The van der Waals surface area contributed by atoms with Crippen molar-refractivity contribution < 1.29 is 14.3 Å². The molecule has 0 bridgehead atoms. The maximum Gasteiger partial charge on any atom is 0.310 e. The fourth-order valence-corrected chi connectivity index (χ4v) is 2.77. The number of carbonyl (C=O) groups is 2. The second-order valence-electron chi connectivity index (χ2n) is 5.81. The van der Waals surface area contributed by atoms with Gasteiger partial charge in [-0.15, -0.1) is 0 Å². The van der Waals surface area contributed by atoms with Crippen LogP contribution in [0.25, 0.3) is 0 Å². The summed E-state index contributed by atoms with van der Waals surface area (Å²) >= 11 is 3.36. The molecule has 1 amide bonds. The van der Waals surface area contributed by atoms with Gasteiger partial charge < -0.3 is 10.1 Å². The molecule has 0 aliphatic heterocycles. The number of amides is 1. The standard InChI is InChI=1S/C18H22BrNO3/c1-3-12(2)23-18(22)16-7-5-4-6-15(16)17(21)20-14-10-8-13(19)9-11-14/h4-5,8-12,15-16H,3,6-7H2,1-2H3,(H,20,21). The van der Waals surface area contributed by atoms with Crippen molar-refractivity contribution in [3.63, 3.8) is 0 Å². The number of anilines is 1. The van der Waals surface area contributed by atoms with Crippen LogP contribution in [0.2, 0.25) is 0 Å². The van der Waals surface area contributed by atoms with E-state index in [2.05, 4.69) is 21.2 Å². The number of rotatable bonds is 5. The minimum Gasteiger partial charge on any atom is -0.462 e. The molecule has 124 valence electrons. The van der Waals surface area contributed by atoms with Gasteiger partial charge in [-0.25, -0.2) is 0 Å². The first-order valence-corrected chi connectivity index (χ1v) is 8.72. The predicted octanol–water partition coefficient (Wildman–Crippen LogP) is 4.31. The van der Waals surface area contributed by atoms with Crippen LogP contribution in [-0.4, -0.2) is 18.0 Å². The number of hydrogen-bond acceptors (Lipinski definition) is 3. The van der Waals surface area contributed by atoms with E-state index in [0.29, 0.717) is 12.8 Å². The topological polar surface area (TPSA) is 55.4 Å². The van der Waals surface area contributed by atoms with Crippen molar-refractivity contribution in [1.82, 2.24) is 0 Å². The van der Waals surface area contributed by atoms with Gasteiger partial charge in [-0.05, 0) is 50.5 Å². The highest BCUT2D eigenvalue weighted by Crippen LogP contribution is 2.29. The van der Waals surface area contributed by atoms with Crippen molar-refractivity contribution in [3.8, 4) is 0 Å². The van der Waals surface area contributed by atoms with E-state index >= 15 is 0 Å².